The van der Waals surface area contributed by atoms with Crippen molar-refractivity contribution in [2.24, 2.45) is 23.7 Å². The number of aromatic nitrogens is 3. The predicted molar refractivity (Wildman–Crippen MR) is 265 cm³/mol. The zero-order valence-corrected chi connectivity index (χ0v) is 45.6. The molecule has 2 aliphatic rings. The molecule has 0 bridgehead atoms. The van der Waals surface area contributed by atoms with Gasteiger partial charge in [0.25, 0.3) is 0 Å². The Balaban J connectivity index is 0.00000568. The molecule has 1 aromatic heterocycles. The predicted octanol–water partition coefficient (Wildman–Crippen LogP) is 5.35. The number of nitrogens with one attached hydrogen (secondary N) is 5. The topological polar surface area (TPSA) is 255 Å². The number of imide groups is 1. The van der Waals surface area contributed by atoms with Gasteiger partial charge in [-0.3, -0.25) is 33.7 Å². The molecule has 1 aliphatic heterocycles. The van der Waals surface area contributed by atoms with Crippen molar-refractivity contribution in [1.82, 2.24) is 41.2 Å². The van der Waals surface area contributed by atoms with Crippen LogP contribution in [0.1, 0.15) is 131 Å². The molecule has 1 radical (unpaired) electrons. The third-order valence-electron chi connectivity index (χ3n) is 12.6. The number of likely N-dealkylation sites (tertiary alicyclic amines) is 1. The molecule has 5 N–H and O–H groups in total. The maximum atomic E-state index is 13.2. The summed E-state index contributed by atoms with van der Waals surface area (Å²) in [5, 5.41) is 26.4. The zero-order valence-electron chi connectivity index (χ0n) is 43.6. The number of carbonyl (C=O) groups is 7. The second-order valence-corrected chi connectivity index (χ2v) is 19.4. The van der Waals surface area contributed by atoms with Crippen LogP contribution < -0.4 is 26.6 Å². The molecule has 2 fully saturated rings. The Morgan fingerprint density at radius 3 is 2.23 bits per heavy atom. The summed E-state index contributed by atoms with van der Waals surface area (Å²) in [6, 6.07) is 5.95. The van der Waals surface area contributed by atoms with Gasteiger partial charge in [-0.2, -0.15) is 7.05 Å². The summed E-state index contributed by atoms with van der Waals surface area (Å²) >= 11 is 0. The van der Waals surface area contributed by atoms with Crippen LogP contribution in [0.25, 0.3) is 5.32 Å². The SMILES string of the molecule is CC.C[N-]CCCCC(NC(=O)COCC(=O)NCCC(C)(C)OCCC(C)(C)n1cc(CNC(=O)C2CCC(CN3C(=O)CC(C(C)C)C3=O)CC2)nn1)C(=O)Nc1ccc(COC(=O)NC)cc1.[Ho]. The minimum atomic E-state index is -0.841. The average molecular weight is 1150 g/mol. The van der Waals surface area contributed by atoms with E-state index in [9.17, 15) is 33.6 Å². The van der Waals surface area contributed by atoms with Crippen molar-refractivity contribution in [3.8, 4) is 0 Å². The number of unbranched alkanes of at least 4 members (excludes halogenated alkanes) is 1. The molecule has 4 rings (SSSR count). The van der Waals surface area contributed by atoms with Crippen molar-refractivity contribution in [1.29, 1.82) is 0 Å². The monoisotopic (exact) mass is 1150 g/mol. The number of rotatable bonds is 28. The Labute approximate surface area is 450 Å². The van der Waals surface area contributed by atoms with E-state index in [0.717, 1.165) is 24.8 Å². The van der Waals surface area contributed by atoms with Gasteiger partial charge >= 0.3 is 6.09 Å². The van der Waals surface area contributed by atoms with Crippen LogP contribution in [0.15, 0.2) is 30.5 Å². The summed E-state index contributed by atoms with van der Waals surface area (Å²) in [5.74, 6) is -1.50. The molecule has 71 heavy (non-hydrogen) atoms. The van der Waals surface area contributed by atoms with Crippen LogP contribution >= 0.6 is 0 Å². The number of ether oxygens (including phenoxy) is 3. The first-order valence-electron chi connectivity index (χ1n) is 24.9. The normalized spacial score (nSPS) is 17.3. The fourth-order valence-electron chi connectivity index (χ4n) is 8.10. The third kappa shape index (κ3) is 22.2. The van der Waals surface area contributed by atoms with E-state index in [-0.39, 0.29) is 98.9 Å². The number of carbonyl (C=O) groups excluding carboxylic acids is 7. The van der Waals surface area contributed by atoms with Gasteiger partial charge in [0.1, 0.15) is 31.6 Å². The van der Waals surface area contributed by atoms with Crippen LogP contribution in [-0.2, 0) is 61.7 Å². The minimum absolute atomic E-state index is 0. The van der Waals surface area contributed by atoms with E-state index in [4.69, 9.17) is 14.2 Å². The third-order valence-corrected chi connectivity index (χ3v) is 12.6. The first-order valence-corrected chi connectivity index (χ1v) is 24.9. The van der Waals surface area contributed by atoms with E-state index < -0.39 is 47.6 Å². The van der Waals surface area contributed by atoms with Crippen molar-refractivity contribution in [2.45, 2.75) is 150 Å². The largest absolute Gasteiger partial charge is 0.665 e. The Morgan fingerprint density at radius 2 is 1.59 bits per heavy atom. The molecule has 403 valence electrons. The van der Waals surface area contributed by atoms with Gasteiger partial charge in [0.05, 0.1) is 23.9 Å². The van der Waals surface area contributed by atoms with E-state index in [1.54, 1.807) is 36.0 Å². The van der Waals surface area contributed by atoms with Gasteiger partial charge in [0.15, 0.2) is 0 Å². The summed E-state index contributed by atoms with van der Waals surface area (Å²) in [6.07, 6.45) is 7.49. The van der Waals surface area contributed by atoms with Crippen LogP contribution in [0.2, 0.25) is 0 Å². The van der Waals surface area contributed by atoms with Gasteiger partial charge in [-0.15, -0.1) is 11.6 Å². The fraction of sp³-hybridized carbons (Fsp3) is 0.700. The van der Waals surface area contributed by atoms with E-state index in [1.165, 1.54) is 11.9 Å². The van der Waals surface area contributed by atoms with Crippen molar-refractivity contribution in [3.05, 3.63) is 47.0 Å². The molecule has 7 amide bonds. The maximum Gasteiger partial charge on any atom is 0.407 e. The fourth-order valence-corrected chi connectivity index (χ4v) is 8.10. The van der Waals surface area contributed by atoms with Gasteiger partial charge in [-0.05, 0) is 102 Å². The van der Waals surface area contributed by atoms with Gasteiger partial charge in [-0.1, -0.05) is 57.9 Å². The van der Waals surface area contributed by atoms with E-state index in [1.807, 2.05) is 61.6 Å². The summed E-state index contributed by atoms with van der Waals surface area (Å²) in [4.78, 5) is 89.7. The number of benzene rings is 1. The number of hydrogen-bond donors (Lipinski definition) is 5. The van der Waals surface area contributed by atoms with Crippen LogP contribution in [-0.4, -0.2) is 127 Å². The van der Waals surface area contributed by atoms with E-state index in [2.05, 4.69) is 42.2 Å². The smallest absolute Gasteiger partial charge is 0.407 e. The molecular weight excluding hydrogens is 1070 g/mol. The molecule has 2 unspecified atom stereocenters. The molecule has 1 saturated heterocycles. The summed E-state index contributed by atoms with van der Waals surface area (Å²) in [7, 11) is 3.19. The van der Waals surface area contributed by atoms with Crippen LogP contribution in [0.5, 0.6) is 0 Å². The van der Waals surface area contributed by atoms with Crippen molar-refractivity contribution >= 4 is 47.2 Å². The average Bonchev–Trinajstić information content (AvgIpc) is 3.93. The molecule has 2 heterocycles. The Hall–Kier alpha value is -4.21. The van der Waals surface area contributed by atoms with Crippen LogP contribution in [0.4, 0.5) is 10.5 Å². The molecule has 20 nitrogen and oxygen atoms in total. The Morgan fingerprint density at radius 1 is 0.915 bits per heavy atom. The van der Waals surface area contributed by atoms with Gasteiger partial charge in [-0.25, -0.2) is 9.48 Å². The number of nitrogens with zero attached hydrogens (tertiary/aromatic N) is 5. The van der Waals surface area contributed by atoms with Crippen LogP contribution in [0.3, 0.4) is 0 Å². The number of hydrogen-bond acceptors (Lipinski definition) is 12. The number of amides is 7. The van der Waals surface area contributed by atoms with Crippen molar-refractivity contribution in [3.63, 3.8) is 0 Å². The minimum Gasteiger partial charge on any atom is -0.665 e. The zero-order chi connectivity index (χ0) is 51.9. The molecular formula is C50H81HoN10O10-. The van der Waals surface area contributed by atoms with E-state index in [0.29, 0.717) is 82.6 Å². The molecule has 0 spiro atoms. The molecule has 1 aromatic carbocycles. The Bertz CT molecular complexity index is 1990. The van der Waals surface area contributed by atoms with Gasteiger partial charge in [0.2, 0.25) is 35.4 Å². The second kappa shape index (κ2) is 32.1. The molecule has 2 atom stereocenters. The standard InChI is InChI=1S/C48H75N10O10.C2H6.Ho/c1-32(2)38-25-42(61)57(45(38)64)27-33-12-16-35(17-13-33)43(62)52-26-37-28-58(56-55-37)47(3,4)21-24-68-48(5,6)20-23-51-40(59)30-66-31-41(60)54-39(11-9-10-22-49-7)44(63)53-36-18-14-34(15-19-36)29-67-46(65)50-8;1-2;/h14-15,18-19,28,32-33,35,38-39H,9-13,16-17,20-27,29-31H2,1-8H3,(H,50,65)(H,51,59)(H,52,62)(H,53,63)(H,54,60);1-2H3;/q-1;;. The maximum absolute atomic E-state index is 13.2. The summed E-state index contributed by atoms with van der Waals surface area (Å²) < 4.78 is 18.4. The second-order valence-electron chi connectivity index (χ2n) is 19.4. The molecule has 1 aliphatic carbocycles. The van der Waals surface area contributed by atoms with Crippen molar-refractivity contribution in [2.75, 3.05) is 58.9 Å². The van der Waals surface area contributed by atoms with Crippen LogP contribution in [0, 0.1) is 61.4 Å². The number of anilines is 1. The Kier molecular flexibility index (Phi) is 28.4. The summed E-state index contributed by atoms with van der Waals surface area (Å²) in [6.45, 7) is 17.3. The molecule has 1 saturated carbocycles. The van der Waals surface area contributed by atoms with Crippen molar-refractivity contribution < 1.29 is 85.5 Å². The molecule has 2 aromatic rings. The summed E-state index contributed by atoms with van der Waals surface area (Å²) in [5.41, 5.74) is 0.877. The quantitative estimate of drug-likeness (QED) is 0.0411. The first kappa shape index (κ1) is 62.9. The number of alkyl carbamates (subject to hydrolysis) is 1. The first-order chi connectivity index (χ1) is 33.3. The van der Waals surface area contributed by atoms with Gasteiger partial charge < -0.3 is 46.1 Å². The van der Waals surface area contributed by atoms with E-state index >= 15 is 0 Å². The molecule has 21 heteroatoms. The van der Waals surface area contributed by atoms with Gasteiger partial charge in [0, 0.05) is 88.4 Å².